The van der Waals surface area contributed by atoms with Gasteiger partial charge in [0.25, 0.3) is 0 Å². The second kappa shape index (κ2) is 11.2. The van der Waals surface area contributed by atoms with Crippen molar-refractivity contribution in [3.05, 3.63) is 170 Å². The van der Waals surface area contributed by atoms with E-state index < -0.39 is 0 Å². The zero-order chi connectivity index (χ0) is 32.3. The summed E-state index contributed by atoms with van der Waals surface area (Å²) in [5.41, 5.74) is 11.0. The molecule has 10 rings (SSSR count). The van der Waals surface area contributed by atoms with Crippen molar-refractivity contribution in [3.8, 4) is 28.3 Å². The molecule has 2 aromatic heterocycles. The summed E-state index contributed by atoms with van der Waals surface area (Å²) in [5.74, 6) is 0.668. The first-order valence-corrected chi connectivity index (χ1v) is 17.2. The van der Waals surface area contributed by atoms with Gasteiger partial charge in [-0.05, 0) is 71.8 Å². The Balaban J connectivity index is 1.13. The van der Waals surface area contributed by atoms with Crippen molar-refractivity contribution in [3.63, 3.8) is 0 Å². The van der Waals surface area contributed by atoms with E-state index in [2.05, 4.69) is 167 Å². The summed E-state index contributed by atoms with van der Waals surface area (Å²) >= 11 is 1.84. The maximum atomic E-state index is 5.24. The van der Waals surface area contributed by atoms with Crippen LogP contribution in [0.1, 0.15) is 0 Å². The maximum Gasteiger partial charge on any atom is 0.235 e. The van der Waals surface area contributed by atoms with Crippen LogP contribution in [0.5, 0.6) is 0 Å². The Morgan fingerprint density at radius 1 is 0.429 bits per heavy atom. The van der Waals surface area contributed by atoms with Crippen LogP contribution < -0.4 is 4.90 Å². The second-order valence-corrected chi connectivity index (χ2v) is 13.3. The lowest BCUT2D eigenvalue weighted by molar-refractivity contribution is 1.01. The minimum Gasteiger partial charge on any atom is -0.308 e. The molecule has 4 nitrogen and oxygen atoms in total. The predicted molar refractivity (Wildman–Crippen MR) is 204 cm³/mol. The van der Waals surface area contributed by atoms with Gasteiger partial charge < -0.3 is 4.90 Å². The van der Waals surface area contributed by atoms with Crippen molar-refractivity contribution in [1.29, 1.82) is 0 Å². The van der Waals surface area contributed by atoms with Gasteiger partial charge >= 0.3 is 0 Å². The van der Waals surface area contributed by atoms with E-state index in [1.807, 2.05) is 23.9 Å². The minimum atomic E-state index is 0.668. The van der Waals surface area contributed by atoms with E-state index in [1.165, 1.54) is 43.1 Å². The summed E-state index contributed by atoms with van der Waals surface area (Å²) < 4.78 is 2.21. The Morgan fingerprint density at radius 2 is 1.08 bits per heavy atom. The maximum absolute atomic E-state index is 5.24. The lowest BCUT2D eigenvalue weighted by Crippen LogP contribution is -2.14. The Hall–Kier alpha value is -6.17. The summed E-state index contributed by atoms with van der Waals surface area (Å²) in [5, 5.41) is 3.39. The SMILES string of the molecule is c1ccc(-c2nc(-n3c4ccccc4c4cc(-c5ccc6c(c5)Sc5ccccc5N6c5ccccc5)ccc43)nc3ccccc23)cc1. The Bertz CT molecular complexity index is 2700. The van der Waals surface area contributed by atoms with Gasteiger partial charge in [0.1, 0.15) is 0 Å². The number of anilines is 3. The highest BCUT2D eigenvalue weighted by Gasteiger charge is 2.25. The van der Waals surface area contributed by atoms with E-state index in [0.717, 1.165) is 38.9 Å². The number of rotatable bonds is 4. The third kappa shape index (κ3) is 4.55. The van der Waals surface area contributed by atoms with Gasteiger partial charge in [-0.1, -0.05) is 121 Å². The first kappa shape index (κ1) is 27.9. The van der Waals surface area contributed by atoms with E-state index in [9.17, 15) is 0 Å². The van der Waals surface area contributed by atoms with Gasteiger partial charge in [-0.2, -0.15) is 0 Å². The number of aromatic nitrogens is 3. The molecule has 230 valence electrons. The molecule has 0 N–H and O–H groups in total. The molecule has 5 heteroatoms. The molecule has 0 saturated carbocycles. The van der Waals surface area contributed by atoms with Crippen molar-refractivity contribution in [2.24, 2.45) is 0 Å². The van der Waals surface area contributed by atoms with Crippen LogP contribution in [0.4, 0.5) is 17.1 Å². The van der Waals surface area contributed by atoms with Crippen molar-refractivity contribution in [2.45, 2.75) is 9.79 Å². The first-order chi connectivity index (χ1) is 24.3. The monoisotopic (exact) mass is 644 g/mol. The van der Waals surface area contributed by atoms with E-state index in [0.29, 0.717) is 5.95 Å². The molecule has 0 unspecified atom stereocenters. The Kier molecular flexibility index (Phi) is 6.39. The van der Waals surface area contributed by atoms with Gasteiger partial charge in [0.2, 0.25) is 5.95 Å². The molecule has 1 aliphatic heterocycles. The highest BCUT2D eigenvalue weighted by Crippen LogP contribution is 2.52. The fraction of sp³-hybridized carbons (Fsp3) is 0. The number of hydrogen-bond acceptors (Lipinski definition) is 4. The van der Waals surface area contributed by atoms with Crippen LogP contribution >= 0.6 is 11.8 Å². The smallest absolute Gasteiger partial charge is 0.235 e. The molecule has 49 heavy (non-hydrogen) atoms. The van der Waals surface area contributed by atoms with Crippen LogP contribution in [0.3, 0.4) is 0 Å². The van der Waals surface area contributed by atoms with Crippen molar-refractivity contribution >= 4 is 61.5 Å². The third-order valence-electron chi connectivity index (χ3n) is 9.39. The van der Waals surface area contributed by atoms with Gasteiger partial charge in [-0.25, -0.2) is 9.97 Å². The number of hydrogen-bond donors (Lipinski definition) is 0. The first-order valence-electron chi connectivity index (χ1n) is 16.4. The molecular weight excluding hydrogens is 617 g/mol. The molecular formula is C44H28N4S. The van der Waals surface area contributed by atoms with E-state index in [-0.39, 0.29) is 0 Å². The van der Waals surface area contributed by atoms with Crippen LogP contribution in [0, 0.1) is 0 Å². The largest absolute Gasteiger partial charge is 0.308 e. The fourth-order valence-electron chi connectivity index (χ4n) is 7.14. The molecule has 9 aromatic rings. The van der Waals surface area contributed by atoms with E-state index in [4.69, 9.17) is 9.97 Å². The zero-order valence-corrected chi connectivity index (χ0v) is 27.2. The average Bonchev–Trinajstić information content (AvgIpc) is 3.50. The lowest BCUT2D eigenvalue weighted by atomic mass is 10.0. The van der Waals surface area contributed by atoms with Gasteiger partial charge in [0, 0.05) is 37.2 Å². The van der Waals surface area contributed by atoms with Gasteiger partial charge in [0.05, 0.1) is 33.6 Å². The summed E-state index contributed by atoms with van der Waals surface area (Å²) in [4.78, 5) is 15.2. The zero-order valence-electron chi connectivity index (χ0n) is 26.4. The van der Waals surface area contributed by atoms with Crippen molar-refractivity contribution < 1.29 is 0 Å². The molecule has 0 atom stereocenters. The summed E-state index contributed by atoms with van der Waals surface area (Å²) in [6, 6.07) is 60.2. The quantitative estimate of drug-likeness (QED) is 0.191. The minimum absolute atomic E-state index is 0.668. The van der Waals surface area contributed by atoms with E-state index in [1.54, 1.807) is 0 Å². The third-order valence-corrected chi connectivity index (χ3v) is 10.5. The van der Waals surface area contributed by atoms with Gasteiger partial charge in [0.15, 0.2) is 0 Å². The number of nitrogens with zero attached hydrogens (tertiary/aromatic N) is 4. The standard InChI is InChI=1S/C44H28N4S/c1-3-13-29(14-4-1)43-34-18-7-9-19-36(34)45-44(46-43)48-37-20-10-8-17-33(37)35-27-30(23-25-38(35)48)31-24-26-40-42(28-31)49-41-22-12-11-21-39(41)47(40)32-15-5-2-6-16-32/h1-28H. The molecule has 3 heterocycles. The molecule has 1 aliphatic rings. The highest BCUT2D eigenvalue weighted by atomic mass is 32.2. The van der Waals surface area contributed by atoms with Crippen LogP contribution in [0.25, 0.3) is 61.0 Å². The summed E-state index contributed by atoms with van der Waals surface area (Å²) in [6.45, 7) is 0. The van der Waals surface area contributed by atoms with Gasteiger partial charge in [-0.15, -0.1) is 0 Å². The molecule has 0 spiro atoms. The Labute approximate surface area is 287 Å². The van der Waals surface area contributed by atoms with Gasteiger partial charge in [-0.3, -0.25) is 4.57 Å². The molecule has 0 saturated heterocycles. The van der Waals surface area contributed by atoms with Crippen LogP contribution in [0.15, 0.2) is 180 Å². The normalized spacial score (nSPS) is 12.4. The number of benzene rings is 7. The predicted octanol–water partition coefficient (Wildman–Crippen LogP) is 12.0. The van der Waals surface area contributed by atoms with Crippen LogP contribution in [-0.2, 0) is 0 Å². The molecule has 0 radical (unpaired) electrons. The van der Waals surface area contributed by atoms with Crippen molar-refractivity contribution in [2.75, 3.05) is 4.90 Å². The average molecular weight is 645 g/mol. The summed E-state index contributed by atoms with van der Waals surface area (Å²) in [7, 11) is 0. The van der Waals surface area contributed by atoms with E-state index >= 15 is 0 Å². The fourth-order valence-corrected chi connectivity index (χ4v) is 8.24. The van der Waals surface area contributed by atoms with Crippen LogP contribution in [0.2, 0.25) is 0 Å². The molecule has 0 amide bonds. The summed E-state index contributed by atoms with van der Waals surface area (Å²) in [6.07, 6.45) is 0. The number of fused-ring (bicyclic) bond motifs is 6. The molecule has 0 fully saturated rings. The highest BCUT2D eigenvalue weighted by molar-refractivity contribution is 7.99. The number of para-hydroxylation sites is 4. The lowest BCUT2D eigenvalue weighted by Gasteiger charge is -2.33. The topological polar surface area (TPSA) is 34.0 Å². The molecule has 0 aliphatic carbocycles. The Morgan fingerprint density at radius 3 is 1.96 bits per heavy atom. The van der Waals surface area contributed by atoms with Crippen LogP contribution in [-0.4, -0.2) is 14.5 Å². The van der Waals surface area contributed by atoms with Crippen molar-refractivity contribution in [1.82, 2.24) is 14.5 Å². The molecule has 7 aromatic carbocycles. The second-order valence-electron chi connectivity index (χ2n) is 12.3. The molecule has 0 bridgehead atoms.